The van der Waals surface area contributed by atoms with Gasteiger partial charge in [0.25, 0.3) is 5.91 Å². The minimum absolute atomic E-state index is 0.227. The summed E-state index contributed by atoms with van der Waals surface area (Å²) in [5, 5.41) is 5.16. The number of hydrogen-bond acceptors (Lipinski definition) is 3. The van der Waals surface area contributed by atoms with Gasteiger partial charge in [0.15, 0.2) is 0 Å². The van der Waals surface area contributed by atoms with Gasteiger partial charge < -0.3 is 16.4 Å². The van der Waals surface area contributed by atoms with E-state index in [-0.39, 0.29) is 13.1 Å². The summed E-state index contributed by atoms with van der Waals surface area (Å²) in [6, 6.07) is 16.5. The highest BCUT2D eigenvalue weighted by molar-refractivity contribution is 6.30. The summed E-state index contributed by atoms with van der Waals surface area (Å²) in [4.78, 5) is 33.2. The van der Waals surface area contributed by atoms with E-state index in [1.165, 1.54) is 5.56 Å². The van der Waals surface area contributed by atoms with Crippen LogP contribution in [0.4, 0.5) is 0 Å². The van der Waals surface area contributed by atoms with E-state index < -0.39 is 17.7 Å². The van der Waals surface area contributed by atoms with Crippen LogP contribution in [0.3, 0.4) is 0 Å². The molecule has 0 aromatic heterocycles. The van der Waals surface area contributed by atoms with Crippen molar-refractivity contribution < 1.29 is 14.4 Å². The molecule has 6 nitrogen and oxygen atoms in total. The fraction of sp³-hybridized carbons (Fsp3) is 0.167. The third-order valence-electron chi connectivity index (χ3n) is 2.92. The minimum Gasteiger partial charge on any atom is -0.368 e. The maximum Gasteiger partial charge on any atom is 0.251 e. The molecule has 0 unspecified atom stereocenters. The molecule has 0 spiro atoms. The first-order chi connectivity index (χ1) is 11.9. The summed E-state index contributed by atoms with van der Waals surface area (Å²) in [5.41, 5.74) is 6.56. The average Bonchev–Trinajstić information content (AvgIpc) is 2.59. The highest BCUT2D eigenvalue weighted by Gasteiger charge is 2.08. The van der Waals surface area contributed by atoms with Crippen molar-refractivity contribution in [3.05, 3.63) is 70.7 Å². The smallest absolute Gasteiger partial charge is 0.251 e. The van der Waals surface area contributed by atoms with E-state index >= 15 is 0 Å². The molecule has 0 saturated carbocycles. The molecule has 7 heteroatoms. The molecule has 0 atom stereocenters. The molecule has 0 radical (unpaired) electrons. The molecule has 0 heterocycles. The first-order valence-electron chi connectivity index (χ1n) is 7.49. The second-order valence-electron chi connectivity index (χ2n) is 5.09. The van der Waals surface area contributed by atoms with Gasteiger partial charge in [-0.1, -0.05) is 47.5 Å². The minimum atomic E-state index is -0.646. The van der Waals surface area contributed by atoms with Crippen LogP contribution in [0.25, 0.3) is 0 Å². The number of nitrogens with two attached hydrogens (primary N) is 1. The largest absolute Gasteiger partial charge is 0.368 e. The van der Waals surface area contributed by atoms with Gasteiger partial charge in [0.1, 0.15) is 0 Å². The Morgan fingerprint density at radius 2 is 1.52 bits per heavy atom. The molecule has 4 N–H and O–H groups in total. The van der Waals surface area contributed by atoms with Gasteiger partial charge >= 0.3 is 0 Å². The van der Waals surface area contributed by atoms with Crippen molar-refractivity contribution in [3.63, 3.8) is 0 Å². The number of carbonyl (C=O) groups is 3. The first kappa shape index (κ1) is 20.2. The Morgan fingerprint density at radius 1 is 0.920 bits per heavy atom. The highest BCUT2D eigenvalue weighted by Crippen LogP contribution is 2.09. The van der Waals surface area contributed by atoms with Gasteiger partial charge in [-0.2, -0.15) is 0 Å². The predicted molar refractivity (Wildman–Crippen MR) is 97.2 cm³/mol. The molecular weight excluding hydrogens is 342 g/mol. The van der Waals surface area contributed by atoms with Gasteiger partial charge in [0.05, 0.1) is 13.1 Å². The topological polar surface area (TPSA) is 101 Å². The molecule has 0 aliphatic rings. The van der Waals surface area contributed by atoms with E-state index in [1.807, 2.05) is 18.2 Å². The lowest BCUT2D eigenvalue weighted by molar-refractivity contribution is -0.124. The van der Waals surface area contributed by atoms with Crippen molar-refractivity contribution in [1.82, 2.24) is 10.6 Å². The van der Waals surface area contributed by atoms with Crippen molar-refractivity contribution in [2.24, 2.45) is 5.73 Å². The molecule has 0 aliphatic carbocycles. The summed E-state index contributed by atoms with van der Waals surface area (Å²) >= 11 is 5.68. The van der Waals surface area contributed by atoms with Crippen LogP contribution in [-0.4, -0.2) is 30.8 Å². The maximum absolute atomic E-state index is 11.6. The molecule has 2 rings (SSSR count). The third-order valence-corrected chi connectivity index (χ3v) is 3.17. The van der Waals surface area contributed by atoms with Gasteiger partial charge in [-0.05, 0) is 31.2 Å². The van der Waals surface area contributed by atoms with Gasteiger partial charge in [-0.3, -0.25) is 14.4 Å². The molecule has 0 bridgehead atoms. The normalized spacial score (nSPS) is 9.36. The molecule has 3 amide bonds. The molecule has 132 valence electrons. The van der Waals surface area contributed by atoms with Crippen LogP contribution < -0.4 is 16.4 Å². The fourth-order valence-corrected chi connectivity index (χ4v) is 1.77. The van der Waals surface area contributed by atoms with Crippen LogP contribution in [0.5, 0.6) is 0 Å². The molecule has 2 aromatic carbocycles. The van der Waals surface area contributed by atoms with E-state index in [9.17, 15) is 14.4 Å². The Labute approximate surface area is 151 Å². The SMILES string of the molecule is Cc1ccccc1.NC(=O)CNC(=O)CNC(=O)c1ccc(Cl)cc1. The summed E-state index contributed by atoms with van der Waals surface area (Å²) < 4.78 is 0. The lowest BCUT2D eigenvalue weighted by Crippen LogP contribution is -2.40. The number of amides is 3. The molecular formula is C18H20ClN3O3. The monoisotopic (exact) mass is 361 g/mol. The third kappa shape index (κ3) is 9.12. The highest BCUT2D eigenvalue weighted by atomic mass is 35.5. The lowest BCUT2D eigenvalue weighted by atomic mass is 10.2. The van der Waals surface area contributed by atoms with Crippen LogP contribution in [0, 0.1) is 6.92 Å². The Hall–Kier alpha value is -2.86. The van der Waals surface area contributed by atoms with E-state index in [1.54, 1.807) is 24.3 Å². The van der Waals surface area contributed by atoms with Crippen molar-refractivity contribution in [3.8, 4) is 0 Å². The van der Waals surface area contributed by atoms with Crippen molar-refractivity contribution >= 4 is 29.3 Å². The van der Waals surface area contributed by atoms with E-state index in [0.29, 0.717) is 10.6 Å². The molecule has 0 fully saturated rings. The summed E-state index contributed by atoms with van der Waals surface area (Å²) in [6.45, 7) is 1.60. The molecule has 0 saturated heterocycles. The molecule has 2 aromatic rings. The quantitative estimate of drug-likeness (QED) is 0.754. The standard InChI is InChI=1S/C11H12ClN3O3.C7H8/c12-8-3-1-7(2-4-8)11(18)15-6-10(17)14-5-9(13)16;1-7-5-3-2-4-6-7/h1-4H,5-6H2,(H2,13,16)(H,14,17)(H,15,18);2-6H,1H3. The van der Waals surface area contributed by atoms with Gasteiger partial charge in [0.2, 0.25) is 11.8 Å². The molecule has 25 heavy (non-hydrogen) atoms. The number of nitrogens with one attached hydrogen (secondary N) is 2. The Balaban J connectivity index is 0.000000370. The number of halogens is 1. The number of benzene rings is 2. The maximum atomic E-state index is 11.6. The zero-order valence-corrected chi connectivity index (χ0v) is 14.5. The number of aryl methyl sites for hydroxylation is 1. The van der Waals surface area contributed by atoms with Crippen LogP contribution in [-0.2, 0) is 9.59 Å². The molecule has 0 aliphatic heterocycles. The summed E-state index contributed by atoms with van der Waals surface area (Å²) in [5.74, 6) is -1.54. The van der Waals surface area contributed by atoms with Crippen LogP contribution >= 0.6 is 11.6 Å². The number of rotatable bonds is 5. The Morgan fingerprint density at radius 3 is 2.00 bits per heavy atom. The van der Waals surface area contributed by atoms with Gasteiger partial charge in [-0.25, -0.2) is 0 Å². The lowest BCUT2D eigenvalue weighted by Gasteiger charge is -2.05. The van der Waals surface area contributed by atoms with E-state index in [2.05, 4.69) is 29.7 Å². The zero-order chi connectivity index (χ0) is 18.7. The summed E-state index contributed by atoms with van der Waals surface area (Å²) in [7, 11) is 0. The van der Waals surface area contributed by atoms with Gasteiger partial charge in [0, 0.05) is 10.6 Å². The van der Waals surface area contributed by atoms with Crippen LogP contribution in [0.2, 0.25) is 5.02 Å². The van der Waals surface area contributed by atoms with Crippen LogP contribution in [0.1, 0.15) is 15.9 Å². The number of carbonyl (C=O) groups excluding carboxylic acids is 3. The van der Waals surface area contributed by atoms with Crippen LogP contribution in [0.15, 0.2) is 54.6 Å². The van der Waals surface area contributed by atoms with Crippen molar-refractivity contribution in [2.45, 2.75) is 6.92 Å². The van der Waals surface area contributed by atoms with E-state index in [0.717, 1.165) is 0 Å². The zero-order valence-electron chi connectivity index (χ0n) is 13.8. The number of primary amides is 1. The average molecular weight is 362 g/mol. The fourth-order valence-electron chi connectivity index (χ4n) is 1.65. The number of hydrogen-bond donors (Lipinski definition) is 3. The second kappa shape index (κ2) is 10.8. The predicted octanol–water partition coefficient (Wildman–Crippen LogP) is 1.67. The Kier molecular flexibility index (Phi) is 8.74. The first-order valence-corrected chi connectivity index (χ1v) is 7.86. The summed E-state index contributed by atoms with van der Waals surface area (Å²) in [6.07, 6.45) is 0. The van der Waals surface area contributed by atoms with Crippen molar-refractivity contribution in [1.29, 1.82) is 0 Å². The second-order valence-corrected chi connectivity index (χ2v) is 5.52. The van der Waals surface area contributed by atoms with E-state index in [4.69, 9.17) is 17.3 Å². The van der Waals surface area contributed by atoms with Crippen molar-refractivity contribution in [2.75, 3.05) is 13.1 Å². The Bertz CT molecular complexity index is 703. The van der Waals surface area contributed by atoms with Gasteiger partial charge in [-0.15, -0.1) is 0 Å².